The summed E-state index contributed by atoms with van der Waals surface area (Å²) in [5, 5.41) is 3.25. The van der Waals surface area contributed by atoms with Gasteiger partial charge in [0.2, 0.25) is 0 Å². The SMILES string of the molecule is CNC(c1cnccn1)c1ccc(Br)cc1Br. The lowest BCUT2D eigenvalue weighted by atomic mass is 10.0. The lowest BCUT2D eigenvalue weighted by Gasteiger charge is -2.17. The standard InChI is InChI=1S/C12H11Br2N3/c1-15-12(11-7-16-4-5-17-11)9-3-2-8(13)6-10(9)14/h2-7,12,15H,1H3. The lowest BCUT2D eigenvalue weighted by Crippen LogP contribution is -2.19. The van der Waals surface area contributed by atoms with E-state index in [9.17, 15) is 0 Å². The van der Waals surface area contributed by atoms with Crippen LogP contribution in [-0.2, 0) is 0 Å². The van der Waals surface area contributed by atoms with Crippen LogP contribution in [0.5, 0.6) is 0 Å². The minimum absolute atomic E-state index is 0.0335. The summed E-state index contributed by atoms with van der Waals surface area (Å²) < 4.78 is 2.08. The van der Waals surface area contributed by atoms with E-state index >= 15 is 0 Å². The number of nitrogens with zero attached hydrogens (tertiary/aromatic N) is 2. The third kappa shape index (κ3) is 2.91. The first kappa shape index (κ1) is 12.7. The van der Waals surface area contributed by atoms with Crippen LogP contribution in [0.1, 0.15) is 17.3 Å². The maximum Gasteiger partial charge on any atom is 0.0801 e. The van der Waals surface area contributed by atoms with Gasteiger partial charge in [-0.1, -0.05) is 37.9 Å². The molecule has 2 rings (SSSR count). The van der Waals surface area contributed by atoms with Crippen LogP contribution in [0.4, 0.5) is 0 Å². The van der Waals surface area contributed by atoms with Crippen LogP contribution < -0.4 is 5.32 Å². The van der Waals surface area contributed by atoms with Crippen molar-refractivity contribution >= 4 is 31.9 Å². The van der Waals surface area contributed by atoms with Crippen LogP contribution in [0.3, 0.4) is 0 Å². The fourth-order valence-electron chi connectivity index (χ4n) is 1.66. The molecule has 1 N–H and O–H groups in total. The van der Waals surface area contributed by atoms with E-state index in [2.05, 4.69) is 53.2 Å². The zero-order chi connectivity index (χ0) is 12.3. The Morgan fingerprint density at radius 3 is 2.65 bits per heavy atom. The summed E-state index contributed by atoms with van der Waals surface area (Å²) in [4.78, 5) is 8.43. The minimum atomic E-state index is 0.0335. The van der Waals surface area contributed by atoms with Gasteiger partial charge in [-0.25, -0.2) is 0 Å². The number of benzene rings is 1. The molecule has 88 valence electrons. The third-order valence-electron chi connectivity index (χ3n) is 2.44. The predicted molar refractivity (Wildman–Crippen MR) is 74.8 cm³/mol. The summed E-state index contributed by atoms with van der Waals surface area (Å²) >= 11 is 7.01. The van der Waals surface area contributed by atoms with Crippen molar-refractivity contribution in [3.05, 3.63) is 57.0 Å². The van der Waals surface area contributed by atoms with Crippen LogP contribution in [0, 0.1) is 0 Å². The molecule has 5 heteroatoms. The Morgan fingerprint density at radius 1 is 1.24 bits per heavy atom. The second-order valence-corrected chi connectivity index (χ2v) is 5.29. The number of halogens is 2. The van der Waals surface area contributed by atoms with E-state index in [0.717, 1.165) is 20.2 Å². The summed E-state index contributed by atoms with van der Waals surface area (Å²) in [6, 6.07) is 6.13. The van der Waals surface area contributed by atoms with Crippen LogP contribution >= 0.6 is 31.9 Å². The minimum Gasteiger partial charge on any atom is -0.308 e. The summed E-state index contributed by atoms with van der Waals surface area (Å²) in [6.45, 7) is 0. The van der Waals surface area contributed by atoms with Gasteiger partial charge in [-0.3, -0.25) is 9.97 Å². The van der Waals surface area contributed by atoms with E-state index in [1.165, 1.54) is 0 Å². The molecule has 1 aromatic heterocycles. The summed E-state index contributed by atoms with van der Waals surface area (Å²) in [6.07, 6.45) is 5.15. The number of hydrogen-bond acceptors (Lipinski definition) is 3. The van der Waals surface area contributed by atoms with Crippen molar-refractivity contribution in [2.45, 2.75) is 6.04 Å². The average molecular weight is 357 g/mol. The molecule has 1 atom stereocenters. The molecular formula is C12H11Br2N3. The normalized spacial score (nSPS) is 12.4. The largest absolute Gasteiger partial charge is 0.308 e. The second-order valence-electron chi connectivity index (χ2n) is 3.52. The molecule has 1 unspecified atom stereocenters. The van der Waals surface area contributed by atoms with E-state index < -0.39 is 0 Å². The Hall–Kier alpha value is -0.780. The molecule has 0 aliphatic rings. The van der Waals surface area contributed by atoms with Crippen molar-refractivity contribution in [3.8, 4) is 0 Å². The number of aromatic nitrogens is 2. The second kappa shape index (κ2) is 5.71. The molecule has 0 saturated carbocycles. The molecule has 0 radical (unpaired) electrons. The van der Waals surface area contributed by atoms with Gasteiger partial charge >= 0.3 is 0 Å². The molecule has 3 nitrogen and oxygen atoms in total. The van der Waals surface area contributed by atoms with Gasteiger partial charge in [0, 0.05) is 21.3 Å². The highest BCUT2D eigenvalue weighted by atomic mass is 79.9. The smallest absolute Gasteiger partial charge is 0.0801 e. The van der Waals surface area contributed by atoms with E-state index in [4.69, 9.17) is 0 Å². The van der Waals surface area contributed by atoms with Gasteiger partial charge in [0.25, 0.3) is 0 Å². The van der Waals surface area contributed by atoms with Crippen LogP contribution in [0.2, 0.25) is 0 Å². The molecule has 2 aromatic rings. The van der Waals surface area contributed by atoms with Crippen molar-refractivity contribution in [1.29, 1.82) is 0 Å². The summed E-state index contributed by atoms with van der Waals surface area (Å²) in [7, 11) is 1.91. The topological polar surface area (TPSA) is 37.8 Å². The van der Waals surface area contributed by atoms with Crippen molar-refractivity contribution in [3.63, 3.8) is 0 Å². The molecule has 0 amide bonds. The fourth-order valence-corrected chi connectivity index (χ4v) is 2.93. The van der Waals surface area contributed by atoms with E-state index in [0.29, 0.717) is 0 Å². The summed E-state index contributed by atoms with van der Waals surface area (Å²) in [5.41, 5.74) is 2.04. The Labute approximate surface area is 117 Å². The van der Waals surface area contributed by atoms with Gasteiger partial charge in [-0.15, -0.1) is 0 Å². The van der Waals surface area contributed by atoms with Crippen LogP contribution in [-0.4, -0.2) is 17.0 Å². The molecule has 0 aliphatic carbocycles. The quantitative estimate of drug-likeness (QED) is 0.916. The Kier molecular flexibility index (Phi) is 4.25. The van der Waals surface area contributed by atoms with Gasteiger partial charge in [-0.05, 0) is 24.7 Å². The monoisotopic (exact) mass is 355 g/mol. The van der Waals surface area contributed by atoms with E-state index in [1.807, 2.05) is 19.2 Å². The van der Waals surface area contributed by atoms with E-state index in [1.54, 1.807) is 18.6 Å². The Balaban J connectivity index is 2.42. The maximum absolute atomic E-state index is 4.33. The van der Waals surface area contributed by atoms with Gasteiger partial charge in [-0.2, -0.15) is 0 Å². The third-order valence-corrected chi connectivity index (χ3v) is 3.62. The molecular weight excluding hydrogens is 346 g/mol. The maximum atomic E-state index is 4.33. The number of hydrogen-bond donors (Lipinski definition) is 1. The van der Waals surface area contributed by atoms with Gasteiger partial charge in [0.05, 0.1) is 17.9 Å². The van der Waals surface area contributed by atoms with Crippen molar-refractivity contribution < 1.29 is 0 Å². The lowest BCUT2D eigenvalue weighted by molar-refractivity contribution is 0.664. The molecule has 0 saturated heterocycles. The molecule has 0 aliphatic heterocycles. The van der Waals surface area contributed by atoms with Crippen molar-refractivity contribution in [2.75, 3.05) is 7.05 Å². The Bertz CT molecular complexity index is 502. The van der Waals surface area contributed by atoms with Gasteiger partial charge in [0.15, 0.2) is 0 Å². The average Bonchev–Trinajstić information content (AvgIpc) is 2.34. The number of rotatable bonds is 3. The Morgan fingerprint density at radius 2 is 2.06 bits per heavy atom. The zero-order valence-corrected chi connectivity index (χ0v) is 12.4. The molecule has 1 heterocycles. The first-order valence-corrected chi connectivity index (χ1v) is 6.69. The first-order valence-electron chi connectivity index (χ1n) is 5.10. The van der Waals surface area contributed by atoms with Gasteiger partial charge < -0.3 is 5.32 Å². The predicted octanol–water partition coefficient (Wildman–Crippen LogP) is 3.31. The highest BCUT2D eigenvalue weighted by Gasteiger charge is 2.16. The fraction of sp³-hybridized carbons (Fsp3) is 0.167. The van der Waals surface area contributed by atoms with Crippen LogP contribution in [0.15, 0.2) is 45.7 Å². The molecule has 0 spiro atoms. The van der Waals surface area contributed by atoms with Gasteiger partial charge in [0.1, 0.15) is 0 Å². The summed E-state index contributed by atoms with van der Waals surface area (Å²) in [5.74, 6) is 0. The number of nitrogens with one attached hydrogen (secondary N) is 1. The van der Waals surface area contributed by atoms with Crippen molar-refractivity contribution in [2.24, 2.45) is 0 Å². The highest BCUT2D eigenvalue weighted by Crippen LogP contribution is 2.29. The zero-order valence-electron chi connectivity index (χ0n) is 9.19. The molecule has 0 bridgehead atoms. The molecule has 1 aromatic carbocycles. The first-order chi connectivity index (χ1) is 8.22. The van der Waals surface area contributed by atoms with E-state index in [-0.39, 0.29) is 6.04 Å². The van der Waals surface area contributed by atoms with Crippen LogP contribution in [0.25, 0.3) is 0 Å². The molecule has 17 heavy (non-hydrogen) atoms. The molecule has 0 fully saturated rings. The highest BCUT2D eigenvalue weighted by molar-refractivity contribution is 9.11. The van der Waals surface area contributed by atoms with Crippen molar-refractivity contribution in [1.82, 2.24) is 15.3 Å².